The van der Waals surface area contributed by atoms with E-state index in [1.165, 1.54) is 12.3 Å². The summed E-state index contributed by atoms with van der Waals surface area (Å²) in [6.07, 6.45) is -4.95. The van der Waals surface area contributed by atoms with Crippen LogP contribution in [0.25, 0.3) is 0 Å². The molecular formula is C9H9F3N2O4S. The molecule has 0 spiro atoms. The summed E-state index contributed by atoms with van der Waals surface area (Å²) < 4.78 is 40.8. The summed E-state index contributed by atoms with van der Waals surface area (Å²) in [7, 11) is 0. The maximum absolute atomic E-state index is 11.9. The van der Waals surface area contributed by atoms with Crippen LogP contribution in [-0.4, -0.2) is 40.8 Å². The van der Waals surface area contributed by atoms with Gasteiger partial charge in [0.2, 0.25) is 0 Å². The van der Waals surface area contributed by atoms with Gasteiger partial charge < -0.3 is 15.2 Å². The number of carboxylic acid groups (broad SMARTS) is 1. The number of carbonyl (C=O) groups is 2. The molecule has 1 atom stereocenters. The first-order valence-corrected chi connectivity index (χ1v) is 5.77. The lowest BCUT2D eigenvalue weighted by atomic mass is 10.3. The van der Waals surface area contributed by atoms with Crippen LogP contribution in [0.3, 0.4) is 0 Å². The lowest BCUT2D eigenvalue weighted by molar-refractivity contribution is -0.174. The van der Waals surface area contributed by atoms with Gasteiger partial charge in [-0.15, -0.1) is 0 Å². The van der Waals surface area contributed by atoms with Gasteiger partial charge in [0.1, 0.15) is 6.61 Å². The molecule has 6 nitrogen and oxygen atoms in total. The highest BCUT2D eigenvalue weighted by atomic mass is 32.1. The number of hydrogen-bond acceptors (Lipinski definition) is 5. The molecule has 1 rings (SSSR count). The zero-order valence-corrected chi connectivity index (χ0v) is 10.3. The zero-order valence-electron chi connectivity index (χ0n) is 9.52. The third-order valence-corrected chi connectivity index (χ3v) is 2.55. The molecule has 0 saturated heterocycles. The van der Waals surface area contributed by atoms with Crippen LogP contribution in [0.15, 0.2) is 5.38 Å². The van der Waals surface area contributed by atoms with Crippen LogP contribution >= 0.6 is 11.3 Å². The van der Waals surface area contributed by atoms with E-state index in [2.05, 4.69) is 4.98 Å². The normalized spacial score (nSPS) is 12.8. The molecule has 0 radical (unpaired) electrons. The Bertz CT molecular complexity index is 474. The minimum absolute atomic E-state index is 0.00510. The predicted octanol–water partition coefficient (Wildman–Crippen LogP) is 1.29. The summed E-state index contributed by atoms with van der Waals surface area (Å²) in [6, 6.07) is -0.897. The number of nitrogens with one attached hydrogen (secondary N) is 1. The number of carbonyl (C=O) groups excluding carboxylic acids is 1. The second kappa shape index (κ2) is 5.87. The summed E-state index contributed by atoms with van der Waals surface area (Å²) in [6.45, 7) is 1.06. The van der Waals surface area contributed by atoms with Crippen molar-refractivity contribution < 1.29 is 32.6 Å². The van der Waals surface area contributed by atoms with E-state index in [-0.39, 0.29) is 17.5 Å². The molecule has 1 aromatic rings. The molecule has 0 fully saturated rings. The Labute approximate surface area is 109 Å². The maximum atomic E-state index is 11.9. The van der Waals surface area contributed by atoms with E-state index in [9.17, 15) is 22.8 Å². The number of ether oxygens (including phenoxy) is 1. The van der Waals surface area contributed by atoms with E-state index in [4.69, 9.17) is 9.84 Å². The number of thiazole rings is 1. The molecule has 1 aromatic heterocycles. The first-order valence-electron chi connectivity index (χ1n) is 4.89. The molecule has 106 valence electrons. The molecule has 1 amide bonds. The van der Waals surface area contributed by atoms with Crippen molar-refractivity contribution in [3.63, 3.8) is 0 Å². The number of amides is 1. The smallest absolute Gasteiger partial charge is 0.471 e. The molecule has 0 aliphatic rings. The highest BCUT2D eigenvalue weighted by Gasteiger charge is 2.39. The Hall–Kier alpha value is -1.84. The number of hydrogen-bond donors (Lipinski definition) is 2. The molecule has 19 heavy (non-hydrogen) atoms. The lowest BCUT2D eigenvalue weighted by Crippen LogP contribution is -2.44. The van der Waals surface area contributed by atoms with Crippen molar-refractivity contribution in [2.45, 2.75) is 19.1 Å². The number of halogens is 3. The quantitative estimate of drug-likeness (QED) is 0.855. The number of alkyl halides is 3. The van der Waals surface area contributed by atoms with Gasteiger partial charge in [0.05, 0.1) is 6.04 Å². The highest BCUT2D eigenvalue weighted by Crippen LogP contribution is 2.18. The second-order valence-electron chi connectivity index (χ2n) is 3.49. The van der Waals surface area contributed by atoms with Crippen LogP contribution in [0.5, 0.6) is 5.19 Å². The molecular weight excluding hydrogens is 289 g/mol. The van der Waals surface area contributed by atoms with Gasteiger partial charge in [0.25, 0.3) is 5.19 Å². The van der Waals surface area contributed by atoms with Gasteiger partial charge in [0.15, 0.2) is 5.69 Å². The maximum Gasteiger partial charge on any atom is 0.471 e. The van der Waals surface area contributed by atoms with Gasteiger partial charge >= 0.3 is 18.1 Å². The van der Waals surface area contributed by atoms with E-state index < -0.39 is 24.1 Å². The van der Waals surface area contributed by atoms with E-state index in [1.54, 1.807) is 5.32 Å². The van der Waals surface area contributed by atoms with Crippen molar-refractivity contribution in [1.82, 2.24) is 10.3 Å². The third kappa shape index (κ3) is 4.73. The van der Waals surface area contributed by atoms with Crippen molar-refractivity contribution in [1.29, 1.82) is 0 Å². The van der Waals surface area contributed by atoms with Gasteiger partial charge in [-0.3, -0.25) is 4.79 Å². The lowest BCUT2D eigenvalue weighted by Gasteiger charge is -2.14. The Morgan fingerprint density at radius 1 is 1.58 bits per heavy atom. The fourth-order valence-electron chi connectivity index (χ4n) is 0.965. The van der Waals surface area contributed by atoms with Crippen molar-refractivity contribution >= 4 is 23.2 Å². The molecule has 0 aliphatic heterocycles. The average Bonchev–Trinajstić information content (AvgIpc) is 2.73. The fourth-order valence-corrected chi connectivity index (χ4v) is 1.62. The number of aromatic nitrogens is 1. The number of nitrogens with zero attached hydrogens (tertiary/aromatic N) is 1. The second-order valence-corrected chi connectivity index (χ2v) is 4.31. The summed E-state index contributed by atoms with van der Waals surface area (Å²) in [5.74, 6) is -3.29. The Balaban J connectivity index is 2.43. The van der Waals surface area contributed by atoms with E-state index in [1.807, 2.05) is 0 Å². The molecule has 0 aromatic carbocycles. The van der Waals surface area contributed by atoms with Crippen LogP contribution in [0.1, 0.15) is 17.4 Å². The number of aromatic carboxylic acids is 1. The fraction of sp³-hybridized carbons (Fsp3) is 0.444. The van der Waals surface area contributed by atoms with Crippen molar-refractivity contribution in [3.05, 3.63) is 11.1 Å². The third-order valence-electron chi connectivity index (χ3n) is 1.79. The van der Waals surface area contributed by atoms with Crippen LogP contribution < -0.4 is 10.1 Å². The molecule has 0 aliphatic carbocycles. The Kier molecular flexibility index (Phi) is 4.70. The van der Waals surface area contributed by atoms with Crippen LogP contribution in [-0.2, 0) is 4.79 Å². The van der Waals surface area contributed by atoms with Gasteiger partial charge in [0, 0.05) is 5.38 Å². The Morgan fingerprint density at radius 3 is 2.68 bits per heavy atom. The first kappa shape index (κ1) is 15.2. The summed E-state index contributed by atoms with van der Waals surface area (Å²) >= 11 is 0.895. The topological polar surface area (TPSA) is 88.5 Å². The molecule has 2 N–H and O–H groups in total. The van der Waals surface area contributed by atoms with Gasteiger partial charge in [-0.1, -0.05) is 11.3 Å². The van der Waals surface area contributed by atoms with Crippen LogP contribution in [0.2, 0.25) is 0 Å². The monoisotopic (exact) mass is 298 g/mol. The van der Waals surface area contributed by atoms with Gasteiger partial charge in [-0.05, 0) is 6.92 Å². The predicted molar refractivity (Wildman–Crippen MR) is 58.2 cm³/mol. The Morgan fingerprint density at radius 2 is 2.21 bits per heavy atom. The van der Waals surface area contributed by atoms with Crippen molar-refractivity contribution in [2.24, 2.45) is 0 Å². The molecule has 10 heteroatoms. The molecule has 1 heterocycles. The van der Waals surface area contributed by atoms with E-state index in [0.717, 1.165) is 11.3 Å². The number of carboxylic acids is 1. The molecule has 0 bridgehead atoms. The minimum Gasteiger partial charge on any atom is -0.476 e. The average molecular weight is 298 g/mol. The number of rotatable bonds is 5. The van der Waals surface area contributed by atoms with Gasteiger partial charge in [-0.2, -0.15) is 18.2 Å². The SMILES string of the molecule is CC(COc1nc(C(=O)O)cs1)NC(=O)C(F)(F)F. The van der Waals surface area contributed by atoms with Crippen LogP contribution in [0.4, 0.5) is 13.2 Å². The van der Waals surface area contributed by atoms with Crippen LogP contribution in [0, 0.1) is 0 Å². The summed E-state index contributed by atoms with van der Waals surface area (Å²) in [4.78, 5) is 24.7. The van der Waals surface area contributed by atoms with Crippen molar-refractivity contribution in [3.8, 4) is 5.19 Å². The van der Waals surface area contributed by atoms with Crippen molar-refractivity contribution in [2.75, 3.05) is 6.61 Å². The van der Waals surface area contributed by atoms with E-state index >= 15 is 0 Å². The summed E-state index contributed by atoms with van der Waals surface area (Å²) in [5, 5.41) is 11.5. The highest BCUT2D eigenvalue weighted by molar-refractivity contribution is 7.11. The van der Waals surface area contributed by atoms with E-state index in [0.29, 0.717) is 0 Å². The standard InChI is InChI=1S/C9H9F3N2O4S/c1-4(13-7(17)9(10,11)12)2-18-8-14-5(3-19-8)6(15)16/h3-4H,2H2,1H3,(H,13,17)(H,15,16). The molecule has 1 unspecified atom stereocenters. The molecule has 0 saturated carbocycles. The summed E-state index contributed by atoms with van der Waals surface area (Å²) in [5.41, 5.74) is -0.216. The van der Waals surface area contributed by atoms with Gasteiger partial charge in [-0.25, -0.2) is 4.79 Å². The zero-order chi connectivity index (χ0) is 14.6. The minimum atomic E-state index is -4.95. The first-order chi connectivity index (χ1) is 8.70. The largest absolute Gasteiger partial charge is 0.476 e.